The first-order valence-electron chi connectivity index (χ1n) is 7.43. The highest BCUT2D eigenvalue weighted by molar-refractivity contribution is 6.36. The van der Waals surface area contributed by atoms with E-state index in [-0.39, 0.29) is 11.6 Å². The normalized spacial score (nSPS) is 10.7. The Balaban J connectivity index is 1.91. The largest absolute Gasteiger partial charge is 0.369 e. The molecule has 1 aromatic carbocycles. The molecule has 2 aromatic rings. The molecule has 1 heterocycles. The molecule has 128 valence electrons. The molecule has 0 atom stereocenters. The van der Waals surface area contributed by atoms with Crippen LogP contribution in [0.5, 0.6) is 0 Å². The maximum atomic E-state index is 12.2. The zero-order valence-corrected chi connectivity index (χ0v) is 15.0. The number of amides is 1. The predicted octanol–water partition coefficient (Wildman–Crippen LogP) is 3.40. The maximum absolute atomic E-state index is 12.2. The number of halogens is 2. The van der Waals surface area contributed by atoms with E-state index < -0.39 is 0 Å². The van der Waals surface area contributed by atoms with Crippen molar-refractivity contribution in [1.29, 1.82) is 0 Å². The molecular weight excluding hydrogens is 349 g/mol. The summed E-state index contributed by atoms with van der Waals surface area (Å²) in [6.07, 6.45) is 3.95. The Morgan fingerprint density at radius 1 is 1.21 bits per heavy atom. The van der Waals surface area contributed by atoms with Crippen molar-refractivity contribution < 1.29 is 4.79 Å². The van der Waals surface area contributed by atoms with Crippen molar-refractivity contribution in [2.24, 2.45) is 0 Å². The summed E-state index contributed by atoms with van der Waals surface area (Å²) in [4.78, 5) is 22.6. The van der Waals surface area contributed by atoms with Gasteiger partial charge >= 0.3 is 0 Å². The predicted molar refractivity (Wildman–Crippen MR) is 98.1 cm³/mol. The molecule has 0 aliphatic rings. The van der Waals surface area contributed by atoms with Crippen LogP contribution in [0, 0.1) is 0 Å². The number of carbonyl (C=O) groups is 1. The standard InChI is InChI=1S/C16H19Cl2N5O/c1-23(2)7-3-6-19-15-10-20-14(9-21-15)16(24)22-13-5-4-11(17)8-12(13)18/h4-5,8-10H,3,6-7H2,1-2H3,(H,19,21)(H,22,24). The van der Waals surface area contributed by atoms with Gasteiger partial charge in [-0.2, -0.15) is 0 Å². The van der Waals surface area contributed by atoms with Crippen molar-refractivity contribution in [2.75, 3.05) is 37.8 Å². The Morgan fingerprint density at radius 3 is 2.62 bits per heavy atom. The number of carbonyl (C=O) groups excluding carboxylic acids is 1. The second-order valence-corrected chi connectivity index (χ2v) is 6.29. The minimum Gasteiger partial charge on any atom is -0.369 e. The van der Waals surface area contributed by atoms with Crippen LogP contribution in [-0.2, 0) is 0 Å². The van der Waals surface area contributed by atoms with E-state index in [1.807, 2.05) is 14.1 Å². The number of rotatable bonds is 7. The summed E-state index contributed by atoms with van der Waals surface area (Å²) in [6, 6.07) is 4.84. The Kier molecular flexibility index (Phi) is 6.78. The maximum Gasteiger partial charge on any atom is 0.275 e. The Morgan fingerprint density at radius 2 is 2.00 bits per heavy atom. The molecule has 0 spiro atoms. The van der Waals surface area contributed by atoms with E-state index in [1.54, 1.807) is 18.2 Å². The van der Waals surface area contributed by atoms with Gasteiger partial charge in [0.15, 0.2) is 0 Å². The quantitative estimate of drug-likeness (QED) is 0.733. The molecule has 2 N–H and O–H groups in total. The van der Waals surface area contributed by atoms with Crippen molar-refractivity contribution in [2.45, 2.75) is 6.42 Å². The summed E-state index contributed by atoms with van der Waals surface area (Å²) >= 11 is 11.9. The third kappa shape index (κ3) is 5.63. The van der Waals surface area contributed by atoms with Gasteiger partial charge in [-0.3, -0.25) is 4.79 Å². The van der Waals surface area contributed by atoms with Crippen LogP contribution < -0.4 is 10.6 Å². The molecule has 0 bridgehead atoms. The molecule has 0 aliphatic heterocycles. The molecule has 0 saturated carbocycles. The summed E-state index contributed by atoms with van der Waals surface area (Å²) in [5.74, 6) is 0.251. The Labute approximate surface area is 151 Å². The van der Waals surface area contributed by atoms with Crippen LogP contribution in [0.15, 0.2) is 30.6 Å². The summed E-state index contributed by atoms with van der Waals surface area (Å²) in [5.41, 5.74) is 0.679. The lowest BCUT2D eigenvalue weighted by molar-refractivity contribution is 0.102. The Hall–Kier alpha value is -1.89. The molecule has 24 heavy (non-hydrogen) atoms. The van der Waals surface area contributed by atoms with Gasteiger partial charge in [0.25, 0.3) is 5.91 Å². The van der Waals surface area contributed by atoms with Crippen LogP contribution in [-0.4, -0.2) is 48.0 Å². The van der Waals surface area contributed by atoms with Gasteiger partial charge in [-0.05, 0) is 45.3 Å². The number of hydrogen-bond donors (Lipinski definition) is 2. The minimum absolute atomic E-state index is 0.208. The van der Waals surface area contributed by atoms with Crippen molar-refractivity contribution >= 4 is 40.6 Å². The molecule has 6 nitrogen and oxygen atoms in total. The van der Waals surface area contributed by atoms with E-state index in [2.05, 4.69) is 25.5 Å². The monoisotopic (exact) mass is 367 g/mol. The van der Waals surface area contributed by atoms with Crippen molar-refractivity contribution in [3.8, 4) is 0 Å². The molecule has 0 fully saturated rings. The van der Waals surface area contributed by atoms with Gasteiger partial charge in [0, 0.05) is 11.6 Å². The van der Waals surface area contributed by atoms with E-state index in [9.17, 15) is 4.79 Å². The third-order valence-electron chi connectivity index (χ3n) is 3.15. The Bertz CT molecular complexity index is 691. The highest BCUT2D eigenvalue weighted by atomic mass is 35.5. The lowest BCUT2D eigenvalue weighted by atomic mass is 10.3. The highest BCUT2D eigenvalue weighted by Crippen LogP contribution is 2.25. The number of hydrogen-bond acceptors (Lipinski definition) is 5. The molecule has 1 aromatic heterocycles. The lowest BCUT2D eigenvalue weighted by Crippen LogP contribution is -2.17. The summed E-state index contributed by atoms with van der Waals surface area (Å²) in [5, 5.41) is 6.71. The molecule has 0 radical (unpaired) electrons. The molecule has 2 rings (SSSR count). The van der Waals surface area contributed by atoms with Gasteiger partial charge in [0.05, 0.1) is 23.1 Å². The number of anilines is 2. The fourth-order valence-corrected chi connectivity index (χ4v) is 2.38. The van der Waals surface area contributed by atoms with Crippen molar-refractivity contribution in [3.63, 3.8) is 0 Å². The first kappa shape index (κ1) is 18.4. The summed E-state index contributed by atoms with van der Waals surface area (Å²) in [6.45, 7) is 1.78. The van der Waals surface area contributed by atoms with Crippen LogP contribution >= 0.6 is 23.2 Å². The van der Waals surface area contributed by atoms with Crippen molar-refractivity contribution in [1.82, 2.24) is 14.9 Å². The number of aromatic nitrogens is 2. The zero-order valence-electron chi connectivity index (χ0n) is 13.5. The average molecular weight is 368 g/mol. The second-order valence-electron chi connectivity index (χ2n) is 5.45. The molecule has 0 saturated heterocycles. The van der Waals surface area contributed by atoms with Gasteiger partial charge in [-0.15, -0.1) is 0 Å². The van der Waals surface area contributed by atoms with Gasteiger partial charge in [-0.25, -0.2) is 9.97 Å². The zero-order chi connectivity index (χ0) is 17.5. The van der Waals surface area contributed by atoms with Gasteiger partial charge in [0.2, 0.25) is 0 Å². The van der Waals surface area contributed by atoms with Crippen LogP contribution in [0.25, 0.3) is 0 Å². The van der Waals surface area contributed by atoms with Crippen LogP contribution in [0.4, 0.5) is 11.5 Å². The average Bonchev–Trinajstić information content (AvgIpc) is 2.54. The van der Waals surface area contributed by atoms with E-state index in [0.717, 1.165) is 19.5 Å². The summed E-state index contributed by atoms with van der Waals surface area (Å²) < 4.78 is 0. The number of benzene rings is 1. The first-order valence-corrected chi connectivity index (χ1v) is 8.18. The van der Waals surface area contributed by atoms with E-state index in [0.29, 0.717) is 21.6 Å². The molecular formula is C16H19Cl2N5O. The van der Waals surface area contributed by atoms with E-state index >= 15 is 0 Å². The highest BCUT2D eigenvalue weighted by Gasteiger charge is 2.11. The van der Waals surface area contributed by atoms with Crippen molar-refractivity contribution in [3.05, 3.63) is 46.3 Å². The van der Waals surface area contributed by atoms with E-state index in [4.69, 9.17) is 23.2 Å². The molecule has 8 heteroatoms. The third-order valence-corrected chi connectivity index (χ3v) is 3.70. The number of nitrogens with one attached hydrogen (secondary N) is 2. The minimum atomic E-state index is -0.383. The van der Waals surface area contributed by atoms with Gasteiger partial charge < -0.3 is 15.5 Å². The molecule has 1 amide bonds. The topological polar surface area (TPSA) is 70.2 Å². The SMILES string of the molecule is CN(C)CCCNc1cnc(C(=O)Nc2ccc(Cl)cc2Cl)cn1. The molecule has 0 unspecified atom stereocenters. The first-order chi connectivity index (χ1) is 11.5. The smallest absolute Gasteiger partial charge is 0.275 e. The summed E-state index contributed by atoms with van der Waals surface area (Å²) in [7, 11) is 4.06. The van der Waals surface area contributed by atoms with Gasteiger partial charge in [-0.1, -0.05) is 23.2 Å². The fraction of sp³-hybridized carbons (Fsp3) is 0.312. The second kappa shape index (κ2) is 8.82. The lowest BCUT2D eigenvalue weighted by Gasteiger charge is -2.10. The van der Waals surface area contributed by atoms with Crippen LogP contribution in [0.1, 0.15) is 16.9 Å². The van der Waals surface area contributed by atoms with E-state index in [1.165, 1.54) is 12.4 Å². The van der Waals surface area contributed by atoms with Crippen LogP contribution in [0.2, 0.25) is 10.0 Å². The van der Waals surface area contributed by atoms with Gasteiger partial charge in [0.1, 0.15) is 11.5 Å². The molecule has 0 aliphatic carbocycles. The fourth-order valence-electron chi connectivity index (χ4n) is 1.93. The van der Waals surface area contributed by atoms with Crippen LogP contribution in [0.3, 0.4) is 0 Å². The number of nitrogens with zero attached hydrogens (tertiary/aromatic N) is 3.